The summed E-state index contributed by atoms with van der Waals surface area (Å²) >= 11 is 0. The van der Waals surface area contributed by atoms with E-state index >= 15 is 0 Å². The van der Waals surface area contributed by atoms with Crippen molar-refractivity contribution < 1.29 is 13.6 Å². The molecule has 0 spiro atoms. The molecule has 1 N–H and O–H groups in total. The fraction of sp³-hybridized carbons (Fsp3) is 0.455. The van der Waals surface area contributed by atoms with Gasteiger partial charge in [-0.2, -0.15) is 0 Å². The molecule has 2 fully saturated rings. The van der Waals surface area contributed by atoms with Crippen molar-refractivity contribution in [2.24, 2.45) is 5.92 Å². The van der Waals surface area contributed by atoms with E-state index in [0.717, 1.165) is 22.3 Å². The smallest absolute Gasteiger partial charge is 0.394 e. The Morgan fingerprint density at radius 3 is 2.07 bits per heavy atom. The third-order valence-corrected chi connectivity index (χ3v) is 13.1. The van der Waals surface area contributed by atoms with Crippen LogP contribution in [0.1, 0.15) is 25.7 Å². The van der Waals surface area contributed by atoms with Crippen molar-refractivity contribution in [2.45, 2.75) is 57.0 Å². The summed E-state index contributed by atoms with van der Waals surface area (Å²) in [6.45, 7) is 4.52. The van der Waals surface area contributed by atoms with Crippen molar-refractivity contribution in [3.05, 3.63) is 60.7 Å². The van der Waals surface area contributed by atoms with E-state index in [1.165, 1.54) is 25.7 Å². The van der Waals surface area contributed by atoms with E-state index in [2.05, 4.69) is 13.1 Å². The Kier molecular flexibility index (Phi) is 5.40. The molecule has 0 bridgehead atoms. The highest BCUT2D eigenvalue weighted by atomic mass is 28.4. The van der Waals surface area contributed by atoms with Gasteiger partial charge in [0.15, 0.2) is 8.32 Å². The minimum Gasteiger partial charge on any atom is -0.429 e. The van der Waals surface area contributed by atoms with Crippen molar-refractivity contribution in [1.82, 2.24) is 0 Å². The molecule has 5 heteroatoms. The van der Waals surface area contributed by atoms with Gasteiger partial charge >= 0.3 is 8.56 Å². The monoisotopic (exact) mass is 398 g/mol. The molecule has 1 aliphatic heterocycles. The number of hydrogen-bond donors (Lipinski definition) is 1. The number of epoxide rings is 1. The number of rotatable bonds is 7. The minimum atomic E-state index is -3.19. The van der Waals surface area contributed by atoms with Gasteiger partial charge in [-0.3, -0.25) is 0 Å². The summed E-state index contributed by atoms with van der Waals surface area (Å²) in [6, 6.07) is 21.1. The van der Waals surface area contributed by atoms with Crippen molar-refractivity contribution in [2.75, 3.05) is 0 Å². The Bertz CT molecular complexity index is 711. The van der Waals surface area contributed by atoms with Crippen LogP contribution < -0.4 is 10.4 Å². The van der Waals surface area contributed by atoms with E-state index in [-0.39, 0.29) is 0 Å². The highest BCUT2D eigenvalue weighted by molar-refractivity contribution is 6.97. The van der Waals surface area contributed by atoms with Gasteiger partial charge in [-0.1, -0.05) is 67.1 Å². The molecule has 3 atom stereocenters. The normalized spacial score (nSPS) is 25.1. The van der Waals surface area contributed by atoms with E-state index in [9.17, 15) is 4.80 Å². The first-order valence-electron chi connectivity index (χ1n) is 10.2. The van der Waals surface area contributed by atoms with Crippen molar-refractivity contribution >= 4 is 27.3 Å². The fourth-order valence-corrected chi connectivity index (χ4v) is 11.6. The lowest BCUT2D eigenvalue weighted by Gasteiger charge is -2.35. The van der Waals surface area contributed by atoms with E-state index in [0.29, 0.717) is 12.2 Å². The maximum Gasteiger partial charge on any atom is 0.394 e. The second kappa shape index (κ2) is 7.64. The van der Waals surface area contributed by atoms with Crippen LogP contribution in [0.3, 0.4) is 0 Å². The zero-order chi connectivity index (χ0) is 18.9. The number of benzene rings is 2. The van der Waals surface area contributed by atoms with Crippen LogP contribution in [0.5, 0.6) is 0 Å². The Morgan fingerprint density at radius 1 is 0.926 bits per heavy atom. The van der Waals surface area contributed by atoms with Gasteiger partial charge in [0.05, 0.1) is 12.2 Å². The molecular weight excluding hydrogens is 368 g/mol. The topological polar surface area (TPSA) is 42.0 Å². The lowest BCUT2D eigenvalue weighted by molar-refractivity contribution is 0.352. The lowest BCUT2D eigenvalue weighted by atomic mass is 9.88. The summed E-state index contributed by atoms with van der Waals surface area (Å²) in [6.07, 6.45) is 6.02. The molecule has 2 aromatic carbocycles. The van der Waals surface area contributed by atoms with Gasteiger partial charge < -0.3 is 13.6 Å². The third-order valence-electron chi connectivity index (χ3n) is 6.02. The molecular formula is C22H30O3Si2. The van der Waals surface area contributed by atoms with Crippen LogP contribution in [0, 0.1) is 5.92 Å². The molecule has 1 heterocycles. The summed E-state index contributed by atoms with van der Waals surface area (Å²) in [5, 5.41) is 1.87. The molecule has 0 amide bonds. The third kappa shape index (κ3) is 4.44. The molecule has 1 aliphatic carbocycles. The first-order valence-corrected chi connectivity index (χ1v) is 15.1. The van der Waals surface area contributed by atoms with Crippen LogP contribution >= 0.6 is 0 Å². The molecule has 2 aliphatic rings. The molecule has 0 aromatic heterocycles. The molecule has 4 rings (SSSR count). The second-order valence-electron chi connectivity index (χ2n) is 8.67. The molecule has 3 unspecified atom stereocenters. The summed E-state index contributed by atoms with van der Waals surface area (Å²) in [5.74, 6) is 0.757. The number of ether oxygens (including phenoxy) is 1. The van der Waals surface area contributed by atoms with Crippen LogP contribution in [-0.4, -0.2) is 33.9 Å². The van der Waals surface area contributed by atoms with Crippen molar-refractivity contribution in [1.29, 1.82) is 0 Å². The highest BCUT2D eigenvalue weighted by Gasteiger charge is 2.46. The van der Waals surface area contributed by atoms with Crippen LogP contribution in [0.2, 0.25) is 19.1 Å². The van der Waals surface area contributed by atoms with Crippen molar-refractivity contribution in [3.63, 3.8) is 0 Å². The Morgan fingerprint density at radius 2 is 1.52 bits per heavy atom. The lowest BCUT2D eigenvalue weighted by Crippen LogP contribution is -2.65. The van der Waals surface area contributed by atoms with E-state index < -0.39 is 16.9 Å². The minimum absolute atomic E-state index is 0.536. The van der Waals surface area contributed by atoms with Gasteiger partial charge in [-0.05, 0) is 54.7 Å². The van der Waals surface area contributed by atoms with Crippen LogP contribution in [0.4, 0.5) is 0 Å². The maximum atomic E-state index is 11.8. The molecule has 144 valence electrons. The maximum absolute atomic E-state index is 11.8. The van der Waals surface area contributed by atoms with Gasteiger partial charge in [0.25, 0.3) is 0 Å². The Hall–Kier alpha value is -1.25. The predicted octanol–water partition coefficient (Wildman–Crippen LogP) is 3.41. The number of hydrogen-bond acceptors (Lipinski definition) is 3. The summed E-state index contributed by atoms with van der Waals surface area (Å²) < 4.78 is 12.4. The molecule has 1 saturated heterocycles. The summed E-state index contributed by atoms with van der Waals surface area (Å²) in [7, 11) is -5.22. The SMILES string of the molecule is C[Si](C)(CCC1CCC2OC2C1)O[Si](O)(c1ccccc1)c1ccccc1. The first kappa shape index (κ1) is 19.1. The van der Waals surface area contributed by atoms with E-state index in [1.54, 1.807) is 0 Å². The summed E-state index contributed by atoms with van der Waals surface area (Å²) in [4.78, 5) is 11.8. The van der Waals surface area contributed by atoms with Gasteiger partial charge in [0, 0.05) is 0 Å². The Labute approximate surface area is 164 Å². The fourth-order valence-electron chi connectivity index (χ4n) is 4.36. The van der Waals surface area contributed by atoms with E-state index in [4.69, 9.17) is 8.85 Å². The average Bonchev–Trinajstić information content (AvgIpc) is 3.46. The largest absolute Gasteiger partial charge is 0.429 e. The van der Waals surface area contributed by atoms with Crippen LogP contribution in [0.25, 0.3) is 0 Å². The quantitative estimate of drug-likeness (QED) is 0.574. The summed E-state index contributed by atoms with van der Waals surface area (Å²) in [5.41, 5.74) is 0. The predicted molar refractivity (Wildman–Crippen MR) is 114 cm³/mol. The first-order chi connectivity index (χ1) is 13.0. The molecule has 27 heavy (non-hydrogen) atoms. The van der Waals surface area contributed by atoms with Crippen LogP contribution in [0.15, 0.2) is 60.7 Å². The zero-order valence-electron chi connectivity index (χ0n) is 16.3. The molecule has 3 nitrogen and oxygen atoms in total. The van der Waals surface area contributed by atoms with Gasteiger partial charge in [0.2, 0.25) is 0 Å². The highest BCUT2D eigenvalue weighted by Crippen LogP contribution is 2.41. The van der Waals surface area contributed by atoms with Gasteiger partial charge in [-0.15, -0.1) is 0 Å². The standard InChI is InChI=1S/C22H30O3Si2/c1-26(2,16-15-18-13-14-21-22(17-18)24-21)25-27(23,19-9-5-3-6-10-19)20-11-7-4-8-12-20/h3-12,18,21-23H,13-17H2,1-2H3. The zero-order valence-corrected chi connectivity index (χ0v) is 18.3. The molecule has 0 radical (unpaired) electrons. The van der Waals surface area contributed by atoms with Crippen LogP contribution in [-0.2, 0) is 8.85 Å². The molecule has 2 aromatic rings. The van der Waals surface area contributed by atoms with Gasteiger partial charge in [-0.25, -0.2) is 0 Å². The molecule has 1 saturated carbocycles. The number of fused-ring (bicyclic) bond motifs is 1. The van der Waals surface area contributed by atoms with E-state index in [1.807, 2.05) is 60.7 Å². The van der Waals surface area contributed by atoms with Crippen molar-refractivity contribution in [3.8, 4) is 0 Å². The second-order valence-corrected chi connectivity index (χ2v) is 15.9. The Balaban J connectivity index is 1.50. The van der Waals surface area contributed by atoms with Gasteiger partial charge in [0.1, 0.15) is 0 Å². The average molecular weight is 399 g/mol.